The molecule has 0 aromatic carbocycles. The molecule has 0 unspecified atom stereocenters. The molecule has 0 atom stereocenters. The lowest BCUT2D eigenvalue weighted by Crippen LogP contribution is -2.09. The van der Waals surface area contributed by atoms with Crippen LogP contribution in [0.5, 0.6) is 0 Å². The molecule has 3 N–H and O–H groups in total. The van der Waals surface area contributed by atoms with E-state index in [0.29, 0.717) is 17.2 Å². The van der Waals surface area contributed by atoms with Crippen LogP contribution in [0.2, 0.25) is 0 Å². The van der Waals surface area contributed by atoms with Crippen molar-refractivity contribution in [3.8, 4) is 0 Å². The average molecular weight is 290 g/mol. The molecule has 1 amide bonds. The largest absolute Gasteiger partial charge is 0.366 e. The molecule has 0 aliphatic rings. The Morgan fingerprint density at radius 1 is 1.50 bits per heavy atom. The van der Waals surface area contributed by atoms with Gasteiger partial charge in [-0.25, -0.2) is 8.78 Å². The van der Waals surface area contributed by atoms with E-state index >= 15 is 0 Å². The van der Waals surface area contributed by atoms with Gasteiger partial charge in [-0.1, -0.05) is 11.3 Å². The number of hydrogen-bond donors (Lipinski definition) is 2. The van der Waals surface area contributed by atoms with E-state index < -0.39 is 12.3 Å². The molecule has 0 fully saturated rings. The first-order valence-electron chi connectivity index (χ1n) is 4.79. The standard InChI is InChI=1S/C9H8F2N4OS2/c10-6(11)8-14-15-9(18-8)13-2-5-1-4(3-17-5)7(12)16/h1,3,6H,2H2,(H2,12,16)(H,13,15). The number of carbonyl (C=O) groups is 1. The Kier molecular flexibility index (Phi) is 3.82. The summed E-state index contributed by atoms with van der Waals surface area (Å²) in [7, 11) is 0. The zero-order valence-corrected chi connectivity index (χ0v) is 10.5. The van der Waals surface area contributed by atoms with Gasteiger partial charge in [0.25, 0.3) is 6.43 Å². The van der Waals surface area contributed by atoms with E-state index in [1.165, 1.54) is 11.3 Å². The maximum Gasteiger partial charge on any atom is 0.291 e. The van der Waals surface area contributed by atoms with Crippen molar-refractivity contribution in [3.05, 3.63) is 26.9 Å². The number of nitrogens with two attached hydrogens (primary N) is 1. The molecule has 0 saturated carbocycles. The van der Waals surface area contributed by atoms with Gasteiger partial charge in [-0.05, 0) is 6.07 Å². The maximum absolute atomic E-state index is 12.3. The Labute approximate surface area is 109 Å². The molecule has 0 bridgehead atoms. The van der Waals surface area contributed by atoms with Crippen LogP contribution in [0.15, 0.2) is 11.4 Å². The van der Waals surface area contributed by atoms with E-state index in [4.69, 9.17) is 5.73 Å². The highest BCUT2D eigenvalue weighted by molar-refractivity contribution is 7.15. The van der Waals surface area contributed by atoms with E-state index in [2.05, 4.69) is 15.5 Å². The molecule has 2 heterocycles. The Morgan fingerprint density at radius 2 is 2.28 bits per heavy atom. The van der Waals surface area contributed by atoms with Crippen LogP contribution in [-0.4, -0.2) is 16.1 Å². The lowest BCUT2D eigenvalue weighted by atomic mass is 10.3. The first-order valence-corrected chi connectivity index (χ1v) is 6.48. The van der Waals surface area contributed by atoms with Crippen molar-refractivity contribution in [2.75, 3.05) is 5.32 Å². The summed E-state index contributed by atoms with van der Waals surface area (Å²) in [5.41, 5.74) is 5.55. The molecule has 5 nitrogen and oxygen atoms in total. The summed E-state index contributed by atoms with van der Waals surface area (Å²) in [6, 6.07) is 1.65. The number of hydrogen-bond acceptors (Lipinski definition) is 6. The van der Waals surface area contributed by atoms with Gasteiger partial charge in [0.1, 0.15) is 0 Å². The highest BCUT2D eigenvalue weighted by Crippen LogP contribution is 2.25. The Balaban J connectivity index is 1.95. The second kappa shape index (κ2) is 5.36. The van der Waals surface area contributed by atoms with Crippen molar-refractivity contribution in [2.45, 2.75) is 13.0 Å². The molecule has 0 radical (unpaired) electrons. The molecule has 0 aliphatic carbocycles. The first-order chi connectivity index (χ1) is 8.56. The topological polar surface area (TPSA) is 80.9 Å². The van der Waals surface area contributed by atoms with Gasteiger partial charge in [0.15, 0.2) is 5.01 Å². The summed E-state index contributed by atoms with van der Waals surface area (Å²) in [6.07, 6.45) is -2.61. The van der Waals surface area contributed by atoms with Crippen molar-refractivity contribution in [1.82, 2.24) is 10.2 Å². The van der Waals surface area contributed by atoms with Crippen LogP contribution in [0.4, 0.5) is 13.9 Å². The predicted molar refractivity (Wildman–Crippen MR) is 65.0 cm³/mol. The van der Waals surface area contributed by atoms with Gasteiger partial charge < -0.3 is 11.1 Å². The number of thiophene rings is 1. The number of nitrogens with zero attached hydrogens (tertiary/aromatic N) is 2. The Morgan fingerprint density at radius 3 is 2.83 bits per heavy atom. The number of nitrogens with one attached hydrogen (secondary N) is 1. The summed E-state index contributed by atoms with van der Waals surface area (Å²) in [5.74, 6) is -0.492. The Hall–Kier alpha value is -1.61. The smallest absolute Gasteiger partial charge is 0.291 e. The number of aromatic nitrogens is 2. The molecular formula is C9H8F2N4OS2. The molecule has 2 aromatic heterocycles. The average Bonchev–Trinajstić information content (AvgIpc) is 2.95. The van der Waals surface area contributed by atoms with Gasteiger partial charge in [0.2, 0.25) is 11.0 Å². The zero-order chi connectivity index (χ0) is 13.1. The third kappa shape index (κ3) is 2.99. The molecule has 0 aliphatic heterocycles. The highest BCUT2D eigenvalue weighted by Gasteiger charge is 2.13. The summed E-state index contributed by atoms with van der Waals surface area (Å²) >= 11 is 2.16. The van der Waals surface area contributed by atoms with Crippen LogP contribution in [0, 0.1) is 0 Å². The maximum atomic E-state index is 12.3. The highest BCUT2D eigenvalue weighted by atomic mass is 32.1. The quantitative estimate of drug-likeness (QED) is 0.885. The summed E-state index contributed by atoms with van der Waals surface area (Å²) in [4.78, 5) is 11.7. The lowest BCUT2D eigenvalue weighted by molar-refractivity contribution is 0.100. The van der Waals surface area contributed by atoms with E-state index in [9.17, 15) is 13.6 Å². The van der Waals surface area contributed by atoms with Crippen LogP contribution in [-0.2, 0) is 6.54 Å². The van der Waals surface area contributed by atoms with Gasteiger partial charge in [-0.2, -0.15) is 0 Å². The van der Waals surface area contributed by atoms with Crippen LogP contribution >= 0.6 is 22.7 Å². The zero-order valence-electron chi connectivity index (χ0n) is 8.89. The minimum Gasteiger partial charge on any atom is -0.366 e. The fourth-order valence-electron chi connectivity index (χ4n) is 1.16. The third-order valence-corrected chi connectivity index (χ3v) is 3.80. The third-order valence-electron chi connectivity index (χ3n) is 1.98. The predicted octanol–water partition coefficient (Wildman–Crippen LogP) is 2.25. The van der Waals surface area contributed by atoms with Gasteiger partial charge in [-0.15, -0.1) is 21.5 Å². The molecule has 0 spiro atoms. The van der Waals surface area contributed by atoms with Crippen molar-refractivity contribution >= 4 is 33.7 Å². The van der Waals surface area contributed by atoms with Crippen LogP contribution in [0.25, 0.3) is 0 Å². The number of carbonyl (C=O) groups excluding carboxylic acids is 1. The molecule has 2 aromatic rings. The summed E-state index contributed by atoms with van der Waals surface area (Å²) in [6.45, 7) is 0.385. The first kappa shape index (κ1) is 12.8. The van der Waals surface area contributed by atoms with E-state index in [1.54, 1.807) is 11.4 Å². The monoisotopic (exact) mass is 290 g/mol. The molecule has 18 heavy (non-hydrogen) atoms. The number of alkyl halides is 2. The molecule has 96 valence electrons. The van der Waals surface area contributed by atoms with E-state index in [1.807, 2.05) is 0 Å². The molecule has 9 heteroatoms. The van der Waals surface area contributed by atoms with E-state index in [-0.39, 0.29) is 5.01 Å². The summed E-state index contributed by atoms with van der Waals surface area (Å²) in [5, 5.41) is 11.4. The van der Waals surface area contributed by atoms with Gasteiger partial charge in [0.05, 0.1) is 12.1 Å². The fraction of sp³-hybridized carbons (Fsp3) is 0.222. The number of anilines is 1. The minimum atomic E-state index is -2.61. The number of primary amides is 1. The molecule has 0 saturated heterocycles. The van der Waals surface area contributed by atoms with Gasteiger partial charge in [-0.3, -0.25) is 4.79 Å². The lowest BCUT2D eigenvalue weighted by Gasteiger charge is -1.97. The van der Waals surface area contributed by atoms with Crippen LogP contribution in [0.3, 0.4) is 0 Å². The van der Waals surface area contributed by atoms with E-state index in [0.717, 1.165) is 16.2 Å². The molecular weight excluding hydrogens is 282 g/mol. The van der Waals surface area contributed by atoms with Crippen molar-refractivity contribution in [1.29, 1.82) is 0 Å². The number of rotatable bonds is 5. The minimum absolute atomic E-state index is 0.318. The normalized spacial score (nSPS) is 10.8. The summed E-state index contributed by atoms with van der Waals surface area (Å²) < 4.78 is 24.5. The van der Waals surface area contributed by atoms with Crippen molar-refractivity contribution in [3.63, 3.8) is 0 Å². The second-order valence-electron chi connectivity index (χ2n) is 3.27. The SMILES string of the molecule is NC(=O)c1csc(CNc2nnc(C(F)F)s2)c1. The Bertz CT molecular complexity index is 554. The van der Waals surface area contributed by atoms with Crippen LogP contribution in [0.1, 0.15) is 26.7 Å². The van der Waals surface area contributed by atoms with Crippen LogP contribution < -0.4 is 11.1 Å². The van der Waals surface area contributed by atoms with Crippen molar-refractivity contribution < 1.29 is 13.6 Å². The van der Waals surface area contributed by atoms with Gasteiger partial charge in [0, 0.05) is 10.3 Å². The van der Waals surface area contributed by atoms with Gasteiger partial charge >= 0.3 is 0 Å². The number of halogens is 2. The molecule has 2 rings (SSSR count). The van der Waals surface area contributed by atoms with Crippen molar-refractivity contribution in [2.24, 2.45) is 5.73 Å². The fourth-order valence-corrected chi connectivity index (χ4v) is 2.57. The number of amides is 1. The second-order valence-corrected chi connectivity index (χ2v) is 5.27.